The Bertz CT molecular complexity index is 1320. The zero-order valence-electron chi connectivity index (χ0n) is 19.1. The van der Waals surface area contributed by atoms with Crippen LogP contribution in [0.1, 0.15) is 30.7 Å². The zero-order valence-corrected chi connectivity index (χ0v) is 19.1. The van der Waals surface area contributed by atoms with Crippen LogP contribution in [0.15, 0.2) is 101 Å². The molecule has 35 heavy (non-hydrogen) atoms. The number of benzene rings is 2. The van der Waals surface area contributed by atoms with E-state index >= 15 is 0 Å². The highest BCUT2D eigenvalue weighted by molar-refractivity contribution is 5.99. The Labute approximate surface area is 200 Å². The zero-order chi connectivity index (χ0) is 25.0. The summed E-state index contributed by atoms with van der Waals surface area (Å²) in [5, 5.41) is 8.40. The maximum Gasteiger partial charge on any atom is 0.416 e. The highest BCUT2D eigenvalue weighted by Gasteiger charge is 2.30. The smallest absolute Gasteiger partial charge is 0.346 e. The molecule has 0 aliphatic carbocycles. The minimum atomic E-state index is -4.38. The molecular weight excluding hydrogens is 456 g/mol. The summed E-state index contributed by atoms with van der Waals surface area (Å²) in [7, 11) is 0. The van der Waals surface area contributed by atoms with Crippen LogP contribution in [0.3, 0.4) is 0 Å². The number of nitrogens with zero attached hydrogens (tertiary/aromatic N) is 4. The summed E-state index contributed by atoms with van der Waals surface area (Å²) in [6.45, 7) is 4.08. The number of hydrogen-bond acceptors (Lipinski definition) is 4. The van der Waals surface area contributed by atoms with E-state index in [1.54, 1.807) is 37.3 Å². The fourth-order valence-electron chi connectivity index (χ4n) is 3.58. The van der Waals surface area contributed by atoms with Crippen molar-refractivity contribution in [3.63, 3.8) is 0 Å². The first-order chi connectivity index (χ1) is 16.7. The van der Waals surface area contributed by atoms with Gasteiger partial charge in [0.15, 0.2) is 0 Å². The number of alkyl halides is 3. The van der Waals surface area contributed by atoms with Crippen LogP contribution < -0.4 is 0 Å². The van der Waals surface area contributed by atoms with E-state index in [4.69, 9.17) is 0 Å². The van der Waals surface area contributed by atoms with Crippen LogP contribution in [0.25, 0.3) is 11.3 Å². The van der Waals surface area contributed by atoms with Crippen molar-refractivity contribution >= 4 is 5.71 Å². The Kier molecular flexibility index (Phi) is 6.91. The van der Waals surface area contributed by atoms with Crippen LogP contribution in [-0.2, 0) is 12.7 Å². The van der Waals surface area contributed by atoms with Gasteiger partial charge in [-0.05, 0) is 55.8 Å². The molecule has 0 radical (unpaired) electrons. The summed E-state index contributed by atoms with van der Waals surface area (Å²) < 4.78 is 52.5. The Morgan fingerprint density at radius 3 is 2.37 bits per heavy atom. The quantitative estimate of drug-likeness (QED) is 0.295. The van der Waals surface area contributed by atoms with Gasteiger partial charge in [0.25, 0.3) is 0 Å². The molecule has 0 atom stereocenters. The Morgan fingerprint density at radius 1 is 1.00 bits per heavy atom. The van der Waals surface area contributed by atoms with Gasteiger partial charge in [-0.15, -0.1) is 0 Å². The van der Waals surface area contributed by atoms with E-state index in [1.165, 1.54) is 18.2 Å². The fraction of sp³-hybridized carbons (Fsp3) is 0.148. The highest BCUT2D eigenvalue weighted by atomic mass is 19.4. The third-order valence-electron chi connectivity index (χ3n) is 5.46. The summed E-state index contributed by atoms with van der Waals surface area (Å²) in [4.78, 5) is 6.54. The SMILES string of the molecule is CC=C1C=CN(Cc2ccc(-c3ccc(C(F)(F)F)cc3)nn2)C=C1N=C(C)c1ccccc1F. The molecule has 1 aliphatic heterocycles. The van der Waals surface area contributed by atoms with Crippen molar-refractivity contribution in [2.45, 2.75) is 26.6 Å². The molecule has 0 N–H and O–H groups in total. The molecular formula is C27H22F4N4. The molecule has 178 valence electrons. The second-order valence-electron chi connectivity index (χ2n) is 7.91. The van der Waals surface area contributed by atoms with Crippen LogP contribution in [0.5, 0.6) is 0 Å². The van der Waals surface area contributed by atoms with Crippen LogP contribution in [-0.4, -0.2) is 20.8 Å². The molecule has 8 heteroatoms. The van der Waals surface area contributed by atoms with Crippen molar-refractivity contribution in [1.29, 1.82) is 0 Å². The van der Waals surface area contributed by atoms with Gasteiger partial charge in [-0.2, -0.15) is 23.4 Å². The molecule has 0 saturated heterocycles. The Hall–Kier alpha value is -4.07. The predicted molar refractivity (Wildman–Crippen MR) is 128 cm³/mol. The molecule has 4 rings (SSSR count). The van der Waals surface area contributed by atoms with Gasteiger partial charge in [0.05, 0.1) is 29.2 Å². The number of rotatable bonds is 5. The van der Waals surface area contributed by atoms with E-state index in [-0.39, 0.29) is 5.82 Å². The molecule has 0 unspecified atom stereocenters. The number of aromatic nitrogens is 2. The standard InChI is InChI=1S/C27H22F4N4/c1-3-19-14-15-35(17-26(19)32-18(2)23-6-4-5-7-24(23)28)16-22-12-13-25(34-33-22)20-8-10-21(11-9-20)27(29,30)31/h3-15,17H,16H2,1-2H3. The average molecular weight is 478 g/mol. The van der Waals surface area contributed by atoms with Crippen LogP contribution in [0, 0.1) is 5.82 Å². The van der Waals surface area contributed by atoms with Gasteiger partial charge in [0.1, 0.15) is 5.82 Å². The molecule has 4 nitrogen and oxygen atoms in total. The largest absolute Gasteiger partial charge is 0.416 e. The van der Waals surface area contributed by atoms with Crippen molar-refractivity contribution in [3.8, 4) is 11.3 Å². The van der Waals surface area contributed by atoms with Gasteiger partial charge < -0.3 is 4.90 Å². The van der Waals surface area contributed by atoms with Crippen molar-refractivity contribution in [1.82, 2.24) is 15.1 Å². The molecule has 2 heterocycles. The maximum atomic E-state index is 14.2. The van der Waals surface area contributed by atoms with E-state index in [0.717, 1.165) is 17.7 Å². The number of allylic oxidation sites excluding steroid dienone is 2. The van der Waals surface area contributed by atoms with Crippen LogP contribution in [0.4, 0.5) is 17.6 Å². The van der Waals surface area contributed by atoms with Gasteiger partial charge in [-0.1, -0.05) is 36.4 Å². The number of halogens is 4. The van der Waals surface area contributed by atoms with E-state index in [0.29, 0.717) is 40.5 Å². The third kappa shape index (κ3) is 5.71. The molecule has 0 fully saturated rings. The van der Waals surface area contributed by atoms with Gasteiger partial charge >= 0.3 is 6.18 Å². The minimum absolute atomic E-state index is 0.331. The van der Waals surface area contributed by atoms with Crippen molar-refractivity contribution in [2.24, 2.45) is 4.99 Å². The predicted octanol–water partition coefficient (Wildman–Crippen LogP) is 6.93. The summed E-state index contributed by atoms with van der Waals surface area (Å²) in [5.41, 5.74) is 3.57. The molecule has 0 saturated carbocycles. The van der Waals surface area contributed by atoms with E-state index in [2.05, 4.69) is 15.2 Å². The van der Waals surface area contributed by atoms with Gasteiger partial charge in [-0.25, -0.2) is 4.39 Å². The fourth-order valence-corrected chi connectivity index (χ4v) is 3.58. The lowest BCUT2D eigenvalue weighted by molar-refractivity contribution is -0.137. The van der Waals surface area contributed by atoms with Gasteiger partial charge in [-0.3, -0.25) is 4.99 Å². The summed E-state index contributed by atoms with van der Waals surface area (Å²) in [6, 6.07) is 14.8. The molecule has 0 bridgehead atoms. The topological polar surface area (TPSA) is 41.4 Å². The third-order valence-corrected chi connectivity index (χ3v) is 5.46. The molecule has 3 aromatic rings. The normalized spacial score (nSPS) is 15.5. The summed E-state index contributed by atoms with van der Waals surface area (Å²) in [6.07, 6.45) is 3.20. The van der Waals surface area contributed by atoms with E-state index in [9.17, 15) is 17.6 Å². The summed E-state index contributed by atoms with van der Waals surface area (Å²) in [5.74, 6) is -0.331. The lowest BCUT2D eigenvalue weighted by Crippen LogP contribution is -2.15. The Balaban J connectivity index is 1.51. The first-order valence-corrected chi connectivity index (χ1v) is 10.9. The second-order valence-corrected chi connectivity index (χ2v) is 7.91. The molecule has 1 aromatic heterocycles. The Morgan fingerprint density at radius 2 is 1.74 bits per heavy atom. The maximum absolute atomic E-state index is 14.2. The molecule has 0 spiro atoms. The minimum Gasteiger partial charge on any atom is -0.346 e. The average Bonchev–Trinajstić information content (AvgIpc) is 2.84. The van der Waals surface area contributed by atoms with Crippen LogP contribution in [0.2, 0.25) is 0 Å². The molecule has 1 aliphatic rings. The number of hydrogen-bond donors (Lipinski definition) is 0. The lowest BCUT2D eigenvalue weighted by Gasteiger charge is -2.21. The number of aliphatic imine (C=N–C) groups is 1. The van der Waals surface area contributed by atoms with Crippen LogP contribution >= 0.6 is 0 Å². The van der Waals surface area contributed by atoms with E-state index in [1.807, 2.05) is 36.4 Å². The van der Waals surface area contributed by atoms with Gasteiger partial charge in [0, 0.05) is 29.2 Å². The molecule has 2 aromatic carbocycles. The van der Waals surface area contributed by atoms with Crippen molar-refractivity contribution in [3.05, 3.63) is 119 Å². The van der Waals surface area contributed by atoms with Crippen molar-refractivity contribution < 1.29 is 17.6 Å². The van der Waals surface area contributed by atoms with E-state index < -0.39 is 11.7 Å². The second kappa shape index (κ2) is 10.0. The lowest BCUT2D eigenvalue weighted by atomic mass is 10.1. The first kappa shape index (κ1) is 24.1. The van der Waals surface area contributed by atoms with Gasteiger partial charge in [0.2, 0.25) is 0 Å². The summed E-state index contributed by atoms with van der Waals surface area (Å²) >= 11 is 0. The monoisotopic (exact) mass is 478 g/mol. The highest BCUT2D eigenvalue weighted by Crippen LogP contribution is 2.30. The first-order valence-electron chi connectivity index (χ1n) is 10.9. The van der Waals surface area contributed by atoms with Crippen molar-refractivity contribution in [2.75, 3.05) is 0 Å². The molecule has 0 amide bonds.